The summed E-state index contributed by atoms with van der Waals surface area (Å²) in [5.41, 5.74) is 3.85. The van der Waals surface area contributed by atoms with Crippen molar-refractivity contribution < 1.29 is 42.9 Å². The molecule has 14 heteroatoms. The van der Waals surface area contributed by atoms with E-state index in [9.17, 15) is 24.0 Å². The van der Waals surface area contributed by atoms with E-state index in [1.807, 2.05) is 44.2 Å². The van der Waals surface area contributed by atoms with Crippen molar-refractivity contribution in [1.82, 2.24) is 21.4 Å². The number of allylic oxidation sites excluding steroid dienone is 1. The zero-order valence-corrected chi connectivity index (χ0v) is 34.6. The molecule has 0 bridgehead atoms. The quantitative estimate of drug-likeness (QED) is 0.0305. The van der Waals surface area contributed by atoms with Gasteiger partial charge in [0.1, 0.15) is 23.4 Å². The van der Waals surface area contributed by atoms with Crippen LogP contribution >= 0.6 is 0 Å². The zero-order valence-electron chi connectivity index (χ0n) is 34.6. The van der Waals surface area contributed by atoms with Crippen molar-refractivity contribution in [1.29, 1.82) is 0 Å². The number of hydrogen-bond donors (Lipinski definition) is 5. The lowest BCUT2D eigenvalue weighted by atomic mass is 9.68. The van der Waals surface area contributed by atoms with Crippen LogP contribution in [0.1, 0.15) is 98.0 Å². The summed E-state index contributed by atoms with van der Waals surface area (Å²) >= 11 is 0. The van der Waals surface area contributed by atoms with Gasteiger partial charge in [0.15, 0.2) is 0 Å². The molecule has 4 aliphatic rings. The number of benzene rings is 1. The monoisotopic (exact) mass is 795 g/mol. The van der Waals surface area contributed by atoms with Crippen LogP contribution in [0.3, 0.4) is 0 Å². The molecule has 2 heterocycles. The molecule has 2 saturated heterocycles. The molecule has 5 rings (SSSR count). The molecule has 1 spiro atoms. The van der Waals surface area contributed by atoms with Gasteiger partial charge in [-0.15, -0.1) is 0 Å². The summed E-state index contributed by atoms with van der Waals surface area (Å²) in [4.78, 5) is 65.3. The van der Waals surface area contributed by atoms with E-state index in [0.717, 1.165) is 31.2 Å². The molecule has 2 saturated carbocycles. The van der Waals surface area contributed by atoms with Crippen LogP contribution in [0.25, 0.3) is 0 Å². The number of carbonyl (C=O) groups is 5. The van der Waals surface area contributed by atoms with Gasteiger partial charge in [-0.1, -0.05) is 55.8 Å². The highest BCUT2D eigenvalue weighted by atomic mass is 16.6. The highest BCUT2D eigenvalue weighted by molar-refractivity contribution is 6.40. The molecule has 1 aromatic carbocycles. The lowest BCUT2D eigenvalue weighted by Crippen LogP contribution is -2.55. The largest absolute Gasteiger partial charge is 0.460 e. The van der Waals surface area contributed by atoms with E-state index in [-0.39, 0.29) is 79.1 Å². The highest BCUT2D eigenvalue weighted by Gasteiger charge is 2.72. The highest BCUT2D eigenvalue weighted by Crippen LogP contribution is 2.59. The number of methoxy groups -OCH3 is 1. The van der Waals surface area contributed by atoms with Crippen molar-refractivity contribution in [2.24, 2.45) is 23.6 Å². The van der Waals surface area contributed by atoms with Crippen LogP contribution in [0, 0.1) is 17.8 Å². The molecule has 4 fully saturated rings. The van der Waals surface area contributed by atoms with Gasteiger partial charge in [-0.25, -0.2) is 5.43 Å². The predicted molar refractivity (Wildman–Crippen MR) is 213 cm³/mol. The standard InChI is InChI=1S/C43H65N5O9/c1-26(2)12-17-35-42(5,57-35)40-39(54-6)34(18-19-43(40)25-55-43)56-37(51)22-29-13-15-30(16-14-29)46-36(50)24-45-23-33(49)38(52)31(21-28-10-8-7-9-11-28)47-41(53)32(48-44)20-27(3)4/h7-12,27,29-32,34-35,39-40,45,48H,13-25,44H2,1-6H3,(H,46,50)(H,47,53)/t29?,30?,31-,32-,34?,35+,39?,40?,42?,43-/m0/s1. The van der Waals surface area contributed by atoms with Gasteiger partial charge in [0.2, 0.25) is 23.4 Å². The number of amides is 2. The molecule has 316 valence electrons. The minimum atomic E-state index is -1.09. The molecule has 8 atom stereocenters. The number of esters is 1. The predicted octanol–water partition coefficient (Wildman–Crippen LogP) is 3.00. The summed E-state index contributed by atoms with van der Waals surface area (Å²) in [6.07, 6.45) is 7.74. The van der Waals surface area contributed by atoms with Crippen LogP contribution < -0.4 is 27.2 Å². The molecule has 2 aliphatic carbocycles. The van der Waals surface area contributed by atoms with Crippen molar-refractivity contribution in [3.8, 4) is 0 Å². The smallest absolute Gasteiger partial charge is 0.306 e. The normalized spacial score (nSPS) is 30.2. The van der Waals surface area contributed by atoms with Gasteiger partial charge in [-0.2, -0.15) is 0 Å². The SMILES string of the molecule is COC1C(OC(=O)CC2CCC(NC(=O)CNCC(=O)C(=O)[C@H](Cc3ccccc3)NC(=O)[C@H](CC(C)C)NN)CC2)CC[C@]2(CO2)C1C1(C)O[C@@H]1CC=C(C)C. The van der Waals surface area contributed by atoms with Gasteiger partial charge in [0, 0.05) is 26.0 Å². The summed E-state index contributed by atoms with van der Waals surface area (Å²) in [5.74, 6) is 3.42. The van der Waals surface area contributed by atoms with Gasteiger partial charge in [0.25, 0.3) is 0 Å². The van der Waals surface area contributed by atoms with Crippen molar-refractivity contribution in [2.75, 3.05) is 26.8 Å². The van der Waals surface area contributed by atoms with E-state index in [2.05, 4.69) is 48.2 Å². The number of rotatable bonds is 21. The molecular formula is C43H65N5O9. The fraction of sp³-hybridized carbons (Fsp3) is 0.698. The Labute approximate surface area is 337 Å². The maximum absolute atomic E-state index is 13.3. The van der Waals surface area contributed by atoms with Gasteiger partial charge in [-0.05, 0) is 89.5 Å². The van der Waals surface area contributed by atoms with Crippen LogP contribution in [0.4, 0.5) is 0 Å². The third-order valence-electron chi connectivity index (χ3n) is 12.2. The van der Waals surface area contributed by atoms with Crippen LogP contribution in [-0.2, 0) is 49.3 Å². The van der Waals surface area contributed by atoms with E-state index < -0.39 is 35.2 Å². The van der Waals surface area contributed by atoms with Crippen molar-refractivity contribution in [3.63, 3.8) is 0 Å². The second kappa shape index (κ2) is 20.0. The third kappa shape index (κ3) is 12.0. The van der Waals surface area contributed by atoms with Crippen molar-refractivity contribution >= 4 is 29.4 Å². The average molecular weight is 796 g/mol. The summed E-state index contributed by atoms with van der Waals surface area (Å²) < 4.78 is 24.5. The fourth-order valence-corrected chi connectivity index (χ4v) is 8.94. The first-order chi connectivity index (χ1) is 27.2. The number of carbonyl (C=O) groups excluding carboxylic acids is 5. The maximum Gasteiger partial charge on any atom is 0.306 e. The molecular weight excluding hydrogens is 730 g/mol. The molecule has 6 N–H and O–H groups in total. The number of nitrogens with two attached hydrogens (primary N) is 1. The molecule has 0 aromatic heterocycles. The molecule has 1 aromatic rings. The van der Waals surface area contributed by atoms with E-state index in [1.165, 1.54) is 5.57 Å². The molecule has 0 radical (unpaired) electrons. The summed E-state index contributed by atoms with van der Waals surface area (Å²) in [7, 11) is 1.68. The first kappa shape index (κ1) is 44.6. The number of hydrogen-bond acceptors (Lipinski definition) is 12. The molecule has 2 amide bonds. The lowest BCUT2D eigenvalue weighted by Gasteiger charge is -2.42. The molecule has 2 aliphatic heterocycles. The second-order valence-electron chi connectivity index (χ2n) is 17.4. The van der Waals surface area contributed by atoms with Crippen LogP contribution in [-0.4, -0.2) is 104 Å². The van der Waals surface area contributed by atoms with Gasteiger partial charge < -0.3 is 34.9 Å². The Kier molecular flexibility index (Phi) is 15.6. The van der Waals surface area contributed by atoms with Crippen LogP contribution in [0.2, 0.25) is 0 Å². The third-order valence-corrected chi connectivity index (χ3v) is 12.2. The first-order valence-electron chi connectivity index (χ1n) is 20.7. The first-order valence-corrected chi connectivity index (χ1v) is 20.7. The molecule has 14 nitrogen and oxygen atoms in total. The molecule has 4 unspecified atom stereocenters. The number of hydrazine groups is 1. The van der Waals surface area contributed by atoms with Crippen LogP contribution in [0.5, 0.6) is 0 Å². The summed E-state index contributed by atoms with van der Waals surface area (Å²) in [6, 6.07) is 7.25. The number of Topliss-reactive ketones (excluding diaryl/α,β-unsaturated/α-hetero) is 2. The van der Waals surface area contributed by atoms with E-state index in [4.69, 9.17) is 24.8 Å². The Morgan fingerprint density at radius 1 is 1.00 bits per heavy atom. The summed E-state index contributed by atoms with van der Waals surface area (Å²) in [5, 5.41) is 8.52. The van der Waals surface area contributed by atoms with Gasteiger partial charge in [-0.3, -0.25) is 29.8 Å². The van der Waals surface area contributed by atoms with Gasteiger partial charge in [0.05, 0.1) is 43.8 Å². The topological polar surface area (TPSA) is 203 Å². The molecule has 57 heavy (non-hydrogen) atoms. The Bertz CT molecular complexity index is 1590. The number of epoxide rings is 2. The van der Waals surface area contributed by atoms with Crippen molar-refractivity contribution in [2.45, 2.75) is 146 Å². The van der Waals surface area contributed by atoms with Gasteiger partial charge >= 0.3 is 5.97 Å². The Hall–Kier alpha value is -3.53. The minimum absolute atomic E-state index is 0.0322. The Balaban J connectivity index is 1.03. The minimum Gasteiger partial charge on any atom is -0.460 e. The second-order valence-corrected chi connectivity index (χ2v) is 17.4. The Morgan fingerprint density at radius 3 is 2.32 bits per heavy atom. The number of ketones is 2. The van der Waals surface area contributed by atoms with E-state index in [1.54, 1.807) is 7.11 Å². The Morgan fingerprint density at radius 2 is 1.70 bits per heavy atom. The lowest BCUT2D eigenvalue weighted by molar-refractivity contribution is -0.173. The number of ether oxygens (including phenoxy) is 4. The van der Waals surface area contributed by atoms with Crippen molar-refractivity contribution in [3.05, 3.63) is 47.5 Å². The number of nitrogens with one attached hydrogen (secondary N) is 4. The fourth-order valence-electron chi connectivity index (χ4n) is 8.94. The van der Waals surface area contributed by atoms with Crippen LogP contribution in [0.15, 0.2) is 42.0 Å². The maximum atomic E-state index is 13.3. The zero-order chi connectivity index (χ0) is 41.3. The van der Waals surface area contributed by atoms with E-state index in [0.29, 0.717) is 38.7 Å². The summed E-state index contributed by atoms with van der Waals surface area (Å²) in [6.45, 7) is 10.4. The van der Waals surface area contributed by atoms with E-state index >= 15 is 0 Å². The average Bonchev–Trinajstić information content (AvgIpc) is 4.10.